The first-order valence-electron chi connectivity index (χ1n) is 2.63. The lowest BCUT2D eigenvalue weighted by Crippen LogP contribution is -1.72. The van der Waals surface area contributed by atoms with Gasteiger partial charge in [-0.15, -0.1) is 10.2 Å². The summed E-state index contributed by atoms with van der Waals surface area (Å²) in [6.45, 7) is 1.90. The first kappa shape index (κ1) is 7.51. The van der Waals surface area contributed by atoms with E-state index in [1.165, 1.54) is 23.1 Å². The molecule has 0 saturated heterocycles. The highest BCUT2D eigenvalue weighted by Crippen LogP contribution is 2.20. The maximum absolute atomic E-state index is 8.22. The molecule has 1 aromatic rings. The summed E-state index contributed by atoms with van der Waals surface area (Å²) in [5, 5.41) is 16.8. The van der Waals surface area contributed by atoms with Crippen molar-refractivity contribution in [2.75, 3.05) is 5.75 Å². The maximum atomic E-state index is 8.22. The molecular weight excluding hydrogens is 166 g/mol. The largest absolute Gasteiger partial charge is 0.197 e. The molecule has 0 radical (unpaired) electrons. The van der Waals surface area contributed by atoms with Crippen LogP contribution >= 0.6 is 23.1 Å². The van der Waals surface area contributed by atoms with Crippen LogP contribution in [0.25, 0.3) is 0 Å². The monoisotopic (exact) mass is 171 g/mol. The fourth-order valence-electron chi connectivity index (χ4n) is 0.431. The molecule has 1 rings (SSSR count). The Balaban J connectivity index is 2.52. The number of aryl methyl sites for hydroxylation is 1. The minimum atomic E-state index is 0.453. The van der Waals surface area contributed by atoms with Crippen LogP contribution in [0.1, 0.15) is 5.01 Å². The van der Waals surface area contributed by atoms with Crippen molar-refractivity contribution in [1.82, 2.24) is 10.2 Å². The second kappa shape index (κ2) is 3.54. The lowest BCUT2D eigenvalue weighted by atomic mass is 10.9. The highest BCUT2D eigenvalue weighted by molar-refractivity contribution is 8.01. The first-order valence-corrected chi connectivity index (χ1v) is 4.43. The molecule has 0 aliphatic rings. The highest BCUT2D eigenvalue weighted by atomic mass is 32.2. The highest BCUT2D eigenvalue weighted by Gasteiger charge is 1.98. The molecule has 0 aliphatic carbocycles. The maximum Gasteiger partial charge on any atom is 0.175 e. The zero-order chi connectivity index (χ0) is 7.40. The van der Waals surface area contributed by atoms with Crippen molar-refractivity contribution in [2.45, 2.75) is 11.3 Å². The Morgan fingerprint density at radius 3 is 3.00 bits per heavy atom. The number of rotatable bonds is 2. The van der Waals surface area contributed by atoms with Crippen molar-refractivity contribution in [2.24, 2.45) is 0 Å². The predicted octanol–water partition coefficient (Wildman–Crippen LogP) is 1.46. The van der Waals surface area contributed by atoms with Crippen LogP contribution in [0, 0.1) is 18.3 Å². The van der Waals surface area contributed by atoms with Gasteiger partial charge >= 0.3 is 0 Å². The van der Waals surface area contributed by atoms with Gasteiger partial charge < -0.3 is 0 Å². The van der Waals surface area contributed by atoms with Crippen molar-refractivity contribution >= 4 is 23.1 Å². The van der Waals surface area contributed by atoms with Crippen LogP contribution < -0.4 is 0 Å². The molecule has 0 aromatic carbocycles. The standard InChI is InChI=1S/C5H5N3S2/c1-4-7-8-5(10-4)9-3-2-6/h3H2,1H3. The van der Waals surface area contributed by atoms with Crippen LogP contribution in [0.3, 0.4) is 0 Å². The molecule has 0 N–H and O–H groups in total. The van der Waals surface area contributed by atoms with E-state index in [9.17, 15) is 0 Å². The lowest BCUT2D eigenvalue weighted by molar-refractivity contribution is 0.985. The molecule has 3 nitrogen and oxygen atoms in total. The van der Waals surface area contributed by atoms with Gasteiger partial charge in [0.1, 0.15) is 5.01 Å². The second-order valence-corrected chi connectivity index (χ2v) is 3.94. The number of nitrogens with zero attached hydrogens (tertiary/aromatic N) is 3. The Kier molecular flexibility index (Phi) is 2.66. The lowest BCUT2D eigenvalue weighted by Gasteiger charge is -1.81. The normalized spacial score (nSPS) is 9.20. The number of hydrogen-bond donors (Lipinski definition) is 0. The van der Waals surface area contributed by atoms with E-state index in [0.29, 0.717) is 5.75 Å². The summed E-state index contributed by atoms with van der Waals surface area (Å²) < 4.78 is 0.874. The number of hydrogen-bond acceptors (Lipinski definition) is 5. The van der Waals surface area contributed by atoms with E-state index >= 15 is 0 Å². The summed E-state index contributed by atoms with van der Waals surface area (Å²) in [7, 11) is 0. The minimum Gasteiger partial charge on any atom is -0.197 e. The fraction of sp³-hybridized carbons (Fsp3) is 0.400. The average molecular weight is 171 g/mol. The molecule has 0 amide bonds. The van der Waals surface area contributed by atoms with Crippen molar-refractivity contribution in [3.63, 3.8) is 0 Å². The van der Waals surface area contributed by atoms with Crippen LogP contribution in [0.2, 0.25) is 0 Å². The Morgan fingerprint density at radius 2 is 2.50 bits per heavy atom. The van der Waals surface area contributed by atoms with E-state index in [-0.39, 0.29) is 0 Å². The molecule has 1 heterocycles. The molecule has 0 unspecified atom stereocenters. The minimum absolute atomic E-state index is 0.453. The smallest absolute Gasteiger partial charge is 0.175 e. The predicted molar refractivity (Wildman–Crippen MR) is 41.0 cm³/mol. The zero-order valence-corrected chi connectivity index (χ0v) is 7.00. The molecule has 0 bridgehead atoms. The number of aromatic nitrogens is 2. The van der Waals surface area contributed by atoms with E-state index in [0.717, 1.165) is 9.35 Å². The Bertz CT molecular complexity index is 250. The Morgan fingerprint density at radius 1 is 1.70 bits per heavy atom. The van der Waals surface area contributed by atoms with Crippen LogP contribution in [0.4, 0.5) is 0 Å². The van der Waals surface area contributed by atoms with Gasteiger partial charge in [0.05, 0.1) is 11.8 Å². The van der Waals surface area contributed by atoms with Gasteiger partial charge in [-0.25, -0.2) is 0 Å². The number of thioether (sulfide) groups is 1. The van der Waals surface area contributed by atoms with E-state index < -0.39 is 0 Å². The summed E-state index contributed by atoms with van der Waals surface area (Å²) in [5.74, 6) is 0.453. The Hall–Kier alpha value is -0.600. The summed E-state index contributed by atoms with van der Waals surface area (Å²) in [5.41, 5.74) is 0. The molecule has 5 heteroatoms. The van der Waals surface area contributed by atoms with Crippen molar-refractivity contribution in [3.05, 3.63) is 5.01 Å². The summed E-state index contributed by atoms with van der Waals surface area (Å²) >= 11 is 2.94. The van der Waals surface area contributed by atoms with Crippen LogP contribution in [-0.2, 0) is 0 Å². The second-order valence-electron chi connectivity index (χ2n) is 1.53. The van der Waals surface area contributed by atoms with Gasteiger partial charge in [0, 0.05) is 0 Å². The van der Waals surface area contributed by atoms with Crippen molar-refractivity contribution in [3.8, 4) is 6.07 Å². The van der Waals surface area contributed by atoms with Crippen molar-refractivity contribution < 1.29 is 0 Å². The van der Waals surface area contributed by atoms with Crippen LogP contribution in [0.5, 0.6) is 0 Å². The topological polar surface area (TPSA) is 49.6 Å². The summed E-state index contributed by atoms with van der Waals surface area (Å²) in [6.07, 6.45) is 0. The first-order chi connectivity index (χ1) is 4.83. The van der Waals surface area contributed by atoms with Gasteiger partial charge in [-0.1, -0.05) is 23.1 Å². The third-order valence-electron chi connectivity index (χ3n) is 0.768. The molecule has 0 atom stereocenters. The third-order valence-corrected chi connectivity index (χ3v) is 2.61. The van der Waals surface area contributed by atoms with Gasteiger partial charge in [-0.2, -0.15) is 5.26 Å². The molecule has 1 aromatic heterocycles. The fourth-order valence-corrected chi connectivity index (χ4v) is 1.91. The van der Waals surface area contributed by atoms with Gasteiger partial charge in [-0.3, -0.25) is 0 Å². The SMILES string of the molecule is Cc1nnc(SCC#N)s1. The molecule has 10 heavy (non-hydrogen) atoms. The van der Waals surface area contributed by atoms with Crippen molar-refractivity contribution in [1.29, 1.82) is 5.26 Å². The quantitative estimate of drug-likeness (QED) is 0.632. The van der Waals surface area contributed by atoms with E-state index in [2.05, 4.69) is 10.2 Å². The molecule has 52 valence electrons. The van der Waals surface area contributed by atoms with Gasteiger partial charge in [0.2, 0.25) is 0 Å². The summed E-state index contributed by atoms with van der Waals surface area (Å²) in [6, 6.07) is 2.03. The van der Waals surface area contributed by atoms with Crippen LogP contribution in [0.15, 0.2) is 4.34 Å². The van der Waals surface area contributed by atoms with E-state index in [4.69, 9.17) is 5.26 Å². The Labute approximate surface area is 67.1 Å². The van der Waals surface area contributed by atoms with E-state index in [1.807, 2.05) is 13.0 Å². The van der Waals surface area contributed by atoms with Gasteiger partial charge in [0.15, 0.2) is 4.34 Å². The number of nitriles is 1. The summed E-state index contributed by atoms with van der Waals surface area (Å²) in [4.78, 5) is 0. The average Bonchev–Trinajstić information content (AvgIpc) is 2.31. The third kappa shape index (κ3) is 1.97. The molecule has 0 spiro atoms. The zero-order valence-electron chi connectivity index (χ0n) is 5.37. The molecular formula is C5H5N3S2. The molecule has 0 saturated carbocycles. The van der Waals surface area contributed by atoms with Gasteiger partial charge in [-0.05, 0) is 6.92 Å². The van der Waals surface area contributed by atoms with Gasteiger partial charge in [0.25, 0.3) is 0 Å². The molecule has 0 aliphatic heterocycles. The van der Waals surface area contributed by atoms with Crippen LogP contribution in [-0.4, -0.2) is 16.0 Å². The molecule has 0 fully saturated rings. The van der Waals surface area contributed by atoms with E-state index in [1.54, 1.807) is 0 Å².